The fraction of sp³-hybridized carbons (Fsp3) is 0.0870. The van der Waals surface area contributed by atoms with Gasteiger partial charge >= 0.3 is 0 Å². The number of aromatic nitrogens is 1. The molecule has 4 rings (SSSR count). The van der Waals surface area contributed by atoms with Gasteiger partial charge in [-0.2, -0.15) is 0 Å². The number of rotatable bonds is 4. The first-order valence-corrected chi connectivity index (χ1v) is 10.8. The third-order valence-electron chi connectivity index (χ3n) is 4.61. The third-order valence-corrected chi connectivity index (χ3v) is 5.56. The van der Waals surface area contributed by atoms with Crippen molar-refractivity contribution in [2.24, 2.45) is 4.99 Å². The van der Waals surface area contributed by atoms with E-state index in [2.05, 4.69) is 37.9 Å². The van der Waals surface area contributed by atoms with E-state index < -0.39 is 0 Å². The number of hydrogen-bond acceptors (Lipinski definition) is 5. The molecular formula is C23H17ClIN3O3. The van der Waals surface area contributed by atoms with E-state index in [1.54, 1.807) is 43.5 Å². The SMILES string of the molecule is Cc1ncc(CO)c2cc(C(=O)Nc3ccc(I)cc3)c(=Nc3cccc(Cl)c3)oc12. The van der Waals surface area contributed by atoms with Gasteiger partial charge in [0.25, 0.3) is 5.91 Å². The smallest absolute Gasteiger partial charge is 0.261 e. The Morgan fingerprint density at radius 3 is 2.71 bits per heavy atom. The molecule has 2 aromatic heterocycles. The summed E-state index contributed by atoms with van der Waals surface area (Å²) in [6.07, 6.45) is 1.57. The molecule has 2 heterocycles. The monoisotopic (exact) mass is 545 g/mol. The van der Waals surface area contributed by atoms with Crippen molar-refractivity contribution in [3.63, 3.8) is 0 Å². The summed E-state index contributed by atoms with van der Waals surface area (Å²) in [7, 11) is 0. The maximum atomic E-state index is 13.2. The first-order valence-electron chi connectivity index (χ1n) is 9.35. The van der Waals surface area contributed by atoms with Gasteiger partial charge in [-0.1, -0.05) is 17.7 Å². The van der Waals surface area contributed by atoms with Crippen molar-refractivity contribution in [2.45, 2.75) is 13.5 Å². The molecule has 0 saturated carbocycles. The number of nitrogens with zero attached hydrogens (tertiary/aromatic N) is 2. The number of fused-ring (bicyclic) bond motifs is 1. The topological polar surface area (TPSA) is 87.7 Å². The highest BCUT2D eigenvalue weighted by Gasteiger charge is 2.16. The number of carbonyl (C=O) groups excluding carboxylic acids is 1. The Balaban J connectivity index is 1.92. The number of hydrogen-bond donors (Lipinski definition) is 2. The van der Waals surface area contributed by atoms with Crippen LogP contribution in [0.25, 0.3) is 11.0 Å². The van der Waals surface area contributed by atoms with Crippen LogP contribution in [0.2, 0.25) is 5.02 Å². The number of anilines is 1. The molecule has 6 nitrogen and oxygen atoms in total. The molecule has 0 saturated heterocycles. The third kappa shape index (κ3) is 4.79. The highest BCUT2D eigenvalue weighted by molar-refractivity contribution is 14.1. The van der Waals surface area contributed by atoms with Gasteiger partial charge in [-0.3, -0.25) is 9.78 Å². The van der Waals surface area contributed by atoms with E-state index in [4.69, 9.17) is 16.0 Å². The first-order chi connectivity index (χ1) is 14.9. The van der Waals surface area contributed by atoms with Gasteiger partial charge in [-0.15, -0.1) is 0 Å². The van der Waals surface area contributed by atoms with Crippen LogP contribution in [-0.2, 0) is 6.61 Å². The molecule has 0 unspecified atom stereocenters. The van der Waals surface area contributed by atoms with E-state index in [1.165, 1.54) is 0 Å². The van der Waals surface area contributed by atoms with E-state index in [0.717, 1.165) is 3.57 Å². The van der Waals surface area contributed by atoms with Crippen LogP contribution in [0.15, 0.2) is 70.2 Å². The molecule has 4 aromatic rings. The molecule has 156 valence electrons. The molecule has 0 aliphatic rings. The normalized spacial score (nSPS) is 11.7. The van der Waals surface area contributed by atoms with Gasteiger partial charge in [-0.25, -0.2) is 4.99 Å². The molecule has 0 aliphatic heterocycles. The lowest BCUT2D eigenvalue weighted by Gasteiger charge is -2.10. The van der Waals surface area contributed by atoms with E-state index in [9.17, 15) is 9.90 Å². The zero-order chi connectivity index (χ0) is 22.0. The Bertz CT molecular complexity index is 1350. The number of nitrogens with one attached hydrogen (secondary N) is 1. The van der Waals surface area contributed by atoms with Gasteiger partial charge in [0.15, 0.2) is 5.58 Å². The van der Waals surface area contributed by atoms with Crippen molar-refractivity contribution in [1.29, 1.82) is 0 Å². The number of aryl methyl sites for hydroxylation is 1. The second kappa shape index (κ2) is 9.17. The summed E-state index contributed by atoms with van der Waals surface area (Å²) in [5, 5.41) is 13.7. The summed E-state index contributed by atoms with van der Waals surface area (Å²) in [5.41, 5.74) is 3.18. The summed E-state index contributed by atoms with van der Waals surface area (Å²) in [4.78, 5) is 22.0. The van der Waals surface area contributed by atoms with Gasteiger partial charge in [0, 0.05) is 31.4 Å². The van der Waals surface area contributed by atoms with Gasteiger partial charge in [0.2, 0.25) is 5.55 Å². The lowest BCUT2D eigenvalue weighted by molar-refractivity contribution is 0.102. The minimum absolute atomic E-state index is 0.123. The van der Waals surface area contributed by atoms with Crippen molar-refractivity contribution < 1.29 is 14.3 Å². The first kappa shape index (κ1) is 21.5. The van der Waals surface area contributed by atoms with E-state index >= 15 is 0 Å². The van der Waals surface area contributed by atoms with Gasteiger partial charge in [-0.05, 0) is 78.0 Å². The minimum Gasteiger partial charge on any atom is -0.436 e. The van der Waals surface area contributed by atoms with Crippen LogP contribution in [0.5, 0.6) is 0 Å². The average Bonchev–Trinajstić information content (AvgIpc) is 2.75. The summed E-state index contributed by atoms with van der Waals surface area (Å²) in [6, 6.07) is 16.1. The summed E-state index contributed by atoms with van der Waals surface area (Å²) < 4.78 is 7.10. The van der Waals surface area contributed by atoms with Crippen molar-refractivity contribution in [3.05, 3.63) is 91.8 Å². The summed E-state index contributed by atoms with van der Waals surface area (Å²) in [5.74, 6) is -0.383. The fourth-order valence-corrected chi connectivity index (χ4v) is 3.60. The van der Waals surface area contributed by atoms with E-state index in [-0.39, 0.29) is 23.6 Å². The predicted octanol–water partition coefficient (Wildman–Crippen LogP) is 5.37. The predicted molar refractivity (Wildman–Crippen MR) is 128 cm³/mol. The summed E-state index contributed by atoms with van der Waals surface area (Å²) >= 11 is 8.28. The van der Waals surface area contributed by atoms with E-state index in [0.29, 0.717) is 38.6 Å². The minimum atomic E-state index is -0.383. The number of halogens is 2. The molecule has 0 atom stereocenters. The van der Waals surface area contributed by atoms with Crippen molar-refractivity contribution in [1.82, 2.24) is 4.98 Å². The number of carbonyl (C=O) groups is 1. The van der Waals surface area contributed by atoms with Gasteiger partial charge in [0.05, 0.1) is 18.0 Å². The van der Waals surface area contributed by atoms with Crippen molar-refractivity contribution >= 4 is 62.4 Å². The Labute approximate surface area is 196 Å². The second-order valence-electron chi connectivity index (χ2n) is 6.79. The molecule has 31 heavy (non-hydrogen) atoms. The largest absolute Gasteiger partial charge is 0.436 e. The lowest BCUT2D eigenvalue weighted by Crippen LogP contribution is -2.22. The highest BCUT2D eigenvalue weighted by Crippen LogP contribution is 2.23. The zero-order valence-electron chi connectivity index (χ0n) is 16.4. The molecule has 8 heteroatoms. The van der Waals surface area contributed by atoms with Crippen LogP contribution in [0.1, 0.15) is 21.6 Å². The van der Waals surface area contributed by atoms with Crippen molar-refractivity contribution in [2.75, 3.05) is 5.32 Å². The number of amides is 1. The van der Waals surface area contributed by atoms with Crippen molar-refractivity contribution in [3.8, 4) is 0 Å². The maximum absolute atomic E-state index is 13.2. The van der Waals surface area contributed by atoms with Crippen LogP contribution in [-0.4, -0.2) is 16.0 Å². The molecule has 2 N–H and O–H groups in total. The Hall–Kier alpha value is -2.75. The highest BCUT2D eigenvalue weighted by atomic mass is 127. The van der Waals surface area contributed by atoms with Crippen LogP contribution in [0.3, 0.4) is 0 Å². The number of benzene rings is 2. The van der Waals surface area contributed by atoms with Crippen LogP contribution >= 0.6 is 34.2 Å². The molecule has 1 amide bonds. The fourth-order valence-electron chi connectivity index (χ4n) is 3.05. The number of aliphatic hydroxyl groups is 1. The Kier molecular flexibility index (Phi) is 6.35. The van der Waals surface area contributed by atoms with Gasteiger partial charge in [0.1, 0.15) is 5.56 Å². The van der Waals surface area contributed by atoms with Crippen LogP contribution in [0.4, 0.5) is 11.4 Å². The molecule has 0 radical (unpaired) electrons. The molecule has 0 aliphatic carbocycles. The average molecular weight is 546 g/mol. The lowest BCUT2D eigenvalue weighted by atomic mass is 10.1. The van der Waals surface area contributed by atoms with E-state index in [1.807, 2.05) is 24.3 Å². The molecule has 0 spiro atoms. The standard InChI is InChI=1S/C23H17ClIN3O3/c1-13-21-19(14(12-29)11-26-13)10-20(22(30)27-17-7-5-16(25)6-8-17)23(31-21)28-18-4-2-3-15(24)9-18/h2-11,29H,12H2,1H3,(H,27,30). The molecule has 2 aromatic carbocycles. The number of aliphatic hydroxyl groups excluding tert-OH is 1. The van der Waals surface area contributed by atoms with Crippen LogP contribution < -0.4 is 10.9 Å². The Morgan fingerprint density at radius 2 is 2.00 bits per heavy atom. The number of pyridine rings is 1. The molecule has 0 bridgehead atoms. The Morgan fingerprint density at radius 1 is 1.23 bits per heavy atom. The second-order valence-corrected chi connectivity index (χ2v) is 8.47. The summed E-state index contributed by atoms with van der Waals surface area (Å²) in [6.45, 7) is 1.56. The quantitative estimate of drug-likeness (QED) is 0.338. The van der Waals surface area contributed by atoms with Crippen LogP contribution in [0, 0.1) is 10.5 Å². The maximum Gasteiger partial charge on any atom is 0.261 e. The molecule has 0 fully saturated rings. The zero-order valence-corrected chi connectivity index (χ0v) is 19.3. The van der Waals surface area contributed by atoms with Gasteiger partial charge < -0.3 is 14.8 Å². The molecular weight excluding hydrogens is 529 g/mol.